The van der Waals surface area contributed by atoms with E-state index >= 15 is 0 Å². The van der Waals surface area contributed by atoms with Crippen LogP contribution in [0, 0.1) is 6.92 Å². The minimum absolute atomic E-state index is 0.0196. The van der Waals surface area contributed by atoms with Gasteiger partial charge in [0.2, 0.25) is 0 Å². The standard InChI is InChI=1S/C14H22O6S.C12H21ClN2O5.C12H22N2O5.C5H8N2O2/c1-13-3-5-14(6-4-13)21(15,16)20-12-11-19-10-9-18-8-7-17-2;1-12(2)10(16)14(11(17)15(12)13)4-5-19-8-9-20-7-6-18-3;1-12(2)10(15)14(11(16)13-12)4-5-18-8-9-19-7-6-17-3;1-5(2)3(8)6-4(9)7-5/h3-6H,7-12H2,1-2H3;4-9H2,1-3H3;4-9H2,1-3H3,(H,13,16);1-2H3,(H2,6,7,8,9). The predicted molar refractivity (Wildman–Crippen MR) is 249 cm³/mol. The van der Waals surface area contributed by atoms with E-state index in [9.17, 15) is 37.2 Å². The summed E-state index contributed by atoms with van der Waals surface area (Å²) in [4.78, 5) is 70.7. The lowest BCUT2D eigenvalue weighted by atomic mass is 10.1. The Balaban J connectivity index is 0.000000475. The number of aryl methyl sites for hydroxylation is 1. The van der Waals surface area contributed by atoms with Gasteiger partial charge in [0, 0.05) is 33.1 Å². The maximum Gasteiger partial charge on any atom is 0.342 e. The number of methoxy groups -OCH3 is 3. The summed E-state index contributed by atoms with van der Waals surface area (Å²) in [6.07, 6.45) is 0. The molecular weight excluding hydrogens is 956 g/mol. The zero-order chi connectivity index (χ0) is 52.1. The van der Waals surface area contributed by atoms with Crippen LogP contribution >= 0.6 is 11.8 Å². The molecule has 0 atom stereocenters. The fraction of sp³-hybridized carbons (Fsp3) is 0.721. The minimum Gasteiger partial charge on any atom is -0.382 e. The van der Waals surface area contributed by atoms with Gasteiger partial charge >= 0.3 is 18.1 Å². The molecule has 1 aromatic carbocycles. The molecular formula is C43H73ClN6O18S. The van der Waals surface area contributed by atoms with E-state index in [1.54, 1.807) is 75.0 Å². The number of benzene rings is 1. The average Bonchev–Trinajstić information content (AvgIpc) is 3.71. The van der Waals surface area contributed by atoms with Crippen LogP contribution in [0.3, 0.4) is 0 Å². The molecule has 0 spiro atoms. The number of nitrogens with one attached hydrogen (secondary N) is 3. The van der Waals surface area contributed by atoms with E-state index in [1.807, 2.05) is 6.92 Å². The number of halogens is 1. The summed E-state index contributed by atoms with van der Waals surface area (Å²) in [6.45, 7) is 18.7. The van der Waals surface area contributed by atoms with Crippen molar-refractivity contribution in [3.63, 3.8) is 0 Å². The Labute approximate surface area is 410 Å². The third-order valence-corrected chi connectivity index (χ3v) is 11.3. The van der Waals surface area contributed by atoms with E-state index in [2.05, 4.69) is 16.0 Å². The summed E-state index contributed by atoms with van der Waals surface area (Å²) in [5.74, 6) is -0.817. The van der Waals surface area contributed by atoms with Crippen LogP contribution in [0.1, 0.15) is 47.1 Å². The molecule has 0 aliphatic carbocycles. The number of amides is 9. The van der Waals surface area contributed by atoms with Crippen LogP contribution in [0.2, 0.25) is 0 Å². The van der Waals surface area contributed by atoms with Crippen molar-refractivity contribution in [3.05, 3.63) is 29.8 Å². The van der Waals surface area contributed by atoms with E-state index in [1.165, 1.54) is 17.0 Å². The zero-order valence-electron chi connectivity index (χ0n) is 41.5. The quantitative estimate of drug-likeness (QED) is 0.0447. The molecule has 396 valence electrons. The molecule has 9 amide bonds. The molecule has 3 N–H and O–H groups in total. The second kappa shape index (κ2) is 32.7. The first-order chi connectivity index (χ1) is 32.5. The molecule has 3 saturated heterocycles. The van der Waals surface area contributed by atoms with Crippen molar-refractivity contribution in [1.29, 1.82) is 0 Å². The average molecular weight is 1030 g/mol. The Hall–Kier alpha value is -4.12. The number of nitrogens with zero attached hydrogens (tertiary/aromatic N) is 3. The number of carbonyl (C=O) groups is 6. The summed E-state index contributed by atoms with van der Waals surface area (Å²) in [5.41, 5.74) is -1.56. The second-order valence-corrected chi connectivity index (χ2v) is 18.3. The third-order valence-electron chi connectivity index (χ3n) is 9.43. The van der Waals surface area contributed by atoms with Crippen LogP contribution in [-0.4, -0.2) is 215 Å². The molecule has 0 radical (unpaired) electrons. The number of rotatable bonds is 29. The van der Waals surface area contributed by atoms with E-state index in [4.69, 9.17) is 58.6 Å². The van der Waals surface area contributed by atoms with Crippen LogP contribution in [0.25, 0.3) is 0 Å². The predicted octanol–water partition coefficient (Wildman–Crippen LogP) is 1.84. The van der Waals surface area contributed by atoms with Gasteiger partial charge in [-0.2, -0.15) is 8.42 Å². The topological polar surface area (TPSA) is 275 Å². The fourth-order valence-corrected chi connectivity index (χ4v) is 6.43. The number of carbonyl (C=O) groups excluding carboxylic acids is 6. The summed E-state index contributed by atoms with van der Waals surface area (Å²) in [6, 6.07) is 5.21. The van der Waals surface area contributed by atoms with E-state index in [0.717, 1.165) is 14.9 Å². The number of hydrogen-bond acceptors (Lipinski definition) is 18. The number of ether oxygens (including phenoxy) is 9. The summed E-state index contributed by atoms with van der Waals surface area (Å²) < 4.78 is 75.4. The minimum atomic E-state index is -3.71. The first-order valence-corrected chi connectivity index (χ1v) is 23.7. The smallest absolute Gasteiger partial charge is 0.342 e. The maximum atomic E-state index is 12.0. The number of urea groups is 3. The zero-order valence-corrected chi connectivity index (χ0v) is 43.1. The van der Waals surface area contributed by atoms with Gasteiger partial charge in [0.15, 0.2) is 0 Å². The van der Waals surface area contributed by atoms with Crippen molar-refractivity contribution in [1.82, 2.24) is 30.2 Å². The largest absolute Gasteiger partial charge is 0.382 e. The van der Waals surface area contributed by atoms with Gasteiger partial charge in [-0.15, -0.1) is 0 Å². The van der Waals surface area contributed by atoms with Gasteiger partial charge in [0.25, 0.3) is 27.8 Å². The third kappa shape index (κ3) is 23.6. The summed E-state index contributed by atoms with van der Waals surface area (Å²) >= 11 is 5.80. The summed E-state index contributed by atoms with van der Waals surface area (Å²) in [7, 11) is 1.11. The monoisotopic (exact) mass is 1030 g/mol. The van der Waals surface area contributed by atoms with E-state index < -0.39 is 38.8 Å². The van der Waals surface area contributed by atoms with Crippen molar-refractivity contribution in [2.75, 3.05) is 140 Å². The highest BCUT2D eigenvalue weighted by Gasteiger charge is 2.51. The lowest BCUT2D eigenvalue weighted by Crippen LogP contribution is -2.40. The second-order valence-electron chi connectivity index (χ2n) is 16.4. The molecule has 3 aliphatic rings. The van der Waals surface area contributed by atoms with Crippen LogP contribution in [-0.2, 0) is 71.3 Å². The van der Waals surface area contributed by atoms with Crippen molar-refractivity contribution in [2.45, 2.75) is 70.0 Å². The molecule has 26 heteroatoms. The molecule has 1 aromatic rings. The molecule has 24 nitrogen and oxygen atoms in total. The van der Waals surface area contributed by atoms with Crippen molar-refractivity contribution in [2.24, 2.45) is 0 Å². The number of imide groups is 3. The molecule has 69 heavy (non-hydrogen) atoms. The number of hydrogen-bond donors (Lipinski definition) is 3. The molecule has 0 aromatic heterocycles. The molecule has 3 heterocycles. The highest BCUT2D eigenvalue weighted by molar-refractivity contribution is 7.86. The van der Waals surface area contributed by atoms with Crippen LogP contribution in [0.5, 0.6) is 0 Å². The van der Waals surface area contributed by atoms with Gasteiger partial charge in [-0.25, -0.2) is 18.8 Å². The molecule has 0 saturated carbocycles. The van der Waals surface area contributed by atoms with Crippen molar-refractivity contribution < 1.29 is 84.0 Å². The van der Waals surface area contributed by atoms with Crippen LogP contribution in [0.15, 0.2) is 29.2 Å². The highest BCUT2D eigenvalue weighted by Crippen LogP contribution is 2.29. The molecule has 3 aliphatic heterocycles. The van der Waals surface area contributed by atoms with Crippen LogP contribution in [0.4, 0.5) is 14.4 Å². The Kier molecular flexibility index (Phi) is 29.8. The van der Waals surface area contributed by atoms with E-state index in [-0.39, 0.29) is 61.6 Å². The van der Waals surface area contributed by atoms with Gasteiger partial charge in [0.1, 0.15) is 16.6 Å². The lowest BCUT2D eigenvalue weighted by molar-refractivity contribution is -0.132. The Morgan fingerprint density at radius 3 is 1.28 bits per heavy atom. The SMILES string of the molecule is CC1(C)NC(=O)NC1=O.COCCOCCOCCN1C(=O)N(Cl)C(C)(C)C1=O.COCCOCCOCCN1C(=O)NC(C)(C)C1=O.COCCOCCOCCOS(=O)(=O)c1ccc(C)cc1. The van der Waals surface area contributed by atoms with Crippen molar-refractivity contribution in [3.8, 4) is 0 Å². The van der Waals surface area contributed by atoms with Gasteiger partial charge < -0.3 is 53.3 Å². The van der Waals surface area contributed by atoms with Crippen molar-refractivity contribution >= 4 is 57.7 Å². The molecule has 0 bridgehead atoms. The Morgan fingerprint density at radius 2 is 0.942 bits per heavy atom. The molecule has 0 unspecified atom stereocenters. The Bertz CT molecular complexity index is 1840. The summed E-state index contributed by atoms with van der Waals surface area (Å²) in [5, 5.41) is 7.17. The highest BCUT2D eigenvalue weighted by atomic mass is 35.5. The lowest BCUT2D eigenvalue weighted by Gasteiger charge is -2.19. The first kappa shape index (κ1) is 62.9. The van der Waals surface area contributed by atoms with Gasteiger partial charge in [-0.05, 0) is 60.6 Å². The molecule has 3 fully saturated rings. The van der Waals surface area contributed by atoms with Gasteiger partial charge in [-0.1, -0.05) is 17.7 Å². The fourth-order valence-electron chi connectivity index (χ4n) is 5.38. The Morgan fingerprint density at radius 1 is 0.536 bits per heavy atom. The van der Waals surface area contributed by atoms with Gasteiger partial charge in [0.05, 0.1) is 124 Å². The normalized spacial score (nSPS) is 16.8. The first-order valence-electron chi connectivity index (χ1n) is 22.0. The van der Waals surface area contributed by atoms with Gasteiger partial charge in [-0.3, -0.25) is 33.7 Å². The molecule has 4 rings (SSSR count). The van der Waals surface area contributed by atoms with E-state index in [0.29, 0.717) is 85.9 Å². The maximum absolute atomic E-state index is 12.0. The van der Waals surface area contributed by atoms with Crippen LogP contribution < -0.4 is 16.0 Å².